The van der Waals surface area contributed by atoms with Crippen LogP contribution in [0, 0.1) is 0 Å². The van der Waals surface area contributed by atoms with Crippen molar-refractivity contribution in [3.05, 3.63) is 17.3 Å². The molecule has 1 saturated carbocycles. The van der Waals surface area contributed by atoms with E-state index in [9.17, 15) is 13.2 Å². The second kappa shape index (κ2) is 4.33. The van der Waals surface area contributed by atoms with Crippen LogP contribution in [0.25, 0.3) is 11.2 Å². The van der Waals surface area contributed by atoms with Gasteiger partial charge in [0.15, 0.2) is 10.8 Å². The zero-order valence-electron chi connectivity index (χ0n) is 9.78. The molecule has 0 aliphatic heterocycles. The maximum atomic E-state index is 12.7. The van der Waals surface area contributed by atoms with Crippen molar-refractivity contribution in [1.29, 1.82) is 0 Å². The van der Waals surface area contributed by atoms with Crippen LogP contribution in [0.15, 0.2) is 6.33 Å². The van der Waals surface area contributed by atoms with E-state index in [4.69, 9.17) is 11.6 Å². The van der Waals surface area contributed by atoms with Crippen LogP contribution in [0.1, 0.15) is 37.5 Å². The van der Waals surface area contributed by atoms with Gasteiger partial charge in [-0.15, -0.1) is 0 Å². The number of aromatic nitrogens is 4. The van der Waals surface area contributed by atoms with Crippen LogP contribution in [0.3, 0.4) is 0 Å². The van der Waals surface area contributed by atoms with E-state index in [1.165, 1.54) is 6.33 Å². The highest BCUT2D eigenvalue weighted by Gasteiger charge is 2.36. The highest BCUT2D eigenvalue weighted by Crippen LogP contribution is 2.34. The van der Waals surface area contributed by atoms with Crippen LogP contribution in [0.4, 0.5) is 13.2 Å². The van der Waals surface area contributed by atoms with Crippen LogP contribution in [0.2, 0.25) is 5.15 Å². The molecule has 102 valence electrons. The molecule has 0 radical (unpaired) electrons. The van der Waals surface area contributed by atoms with E-state index in [2.05, 4.69) is 15.0 Å². The molecule has 0 N–H and O–H groups in total. The fraction of sp³-hybridized carbons (Fsp3) is 0.545. The third-order valence-corrected chi connectivity index (χ3v) is 3.61. The van der Waals surface area contributed by atoms with Crippen molar-refractivity contribution in [3.8, 4) is 0 Å². The Balaban J connectivity index is 2.17. The zero-order valence-corrected chi connectivity index (χ0v) is 10.5. The molecule has 2 heterocycles. The van der Waals surface area contributed by atoms with Gasteiger partial charge in [0, 0.05) is 6.04 Å². The standard InChI is InChI=1S/C11H10ClF3N4/c12-8-7-9(18-10(17-8)11(13,14)15)19(5-16-7)6-3-1-2-4-6/h5-6H,1-4H2. The highest BCUT2D eigenvalue weighted by atomic mass is 35.5. The first kappa shape index (κ1) is 12.7. The molecule has 2 aromatic heterocycles. The third-order valence-electron chi connectivity index (χ3n) is 3.35. The van der Waals surface area contributed by atoms with E-state index in [-0.39, 0.29) is 22.4 Å². The predicted octanol–water partition coefficient (Wildman–Crippen LogP) is 3.61. The monoisotopic (exact) mass is 290 g/mol. The van der Waals surface area contributed by atoms with E-state index in [0.29, 0.717) is 0 Å². The molecular formula is C11H10ClF3N4. The van der Waals surface area contributed by atoms with Gasteiger partial charge in [-0.2, -0.15) is 13.2 Å². The fourth-order valence-electron chi connectivity index (χ4n) is 2.46. The second-order valence-electron chi connectivity index (χ2n) is 4.60. The lowest BCUT2D eigenvalue weighted by Crippen LogP contribution is -2.13. The van der Waals surface area contributed by atoms with Gasteiger partial charge < -0.3 is 4.57 Å². The van der Waals surface area contributed by atoms with Gasteiger partial charge in [0.1, 0.15) is 5.52 Å². The maximum Gasteiger partial charge on any atom is 0.451 e. The molecule has 0 aromatic carbocycles. The summed E-state index contributed by atoms with van der Waals surface area (Å²) in [6, 6.07) is 0.150. The van der Waals surface area contributed by atoms with Crippen LogP contribution in [-0.4, -0.2) is 19.5 Å². The molecule has 0 saturated heterocycles. The molecule has 4 nitrogen and oxygen atoms in total. The molecule has 19 heavy (non-hydrogen) atoms. The predicted molar refractivity (Wildman–Crippen MR) is 62.8 cm³/mol. The van der Waals surface area contributed by atoms with Crippen LogP contribution >= 0.6 is 11.6 Å². The SMILES string of the molecule is FC(F)(F)c1nc(Cl)c2ncn(C3CCCC3)c2n1. The van der Waals surface area contributed by atoms with Gasteiger partial charge in [0.05, 0.1) is 6.33 Å². The molecule has 1 aliphatic carbocycles. The summed E-state index contributed by atoms with van der Waals surface area (Å²) in [7, 11) is 0. The van der Waals surface area contributed by atoms with Crippen molar-refractivity contribution in [2.75, 3.05) is 0 Å². The van der Waals surface area contributed by atoms with Gasteiger partial charge in [-0.3, -0.25) is 0 Å². The van der Waals surface area contributed by atoms with Crippen molar-refractivity contribution in [2.24, 2.45) is 0 Å². The fourth-order valence-corrected chi connectivity index (χ4v) is 2.67. The molecule has 0 atom stereocenters. The second-order valence-corrected chi connectivity index (χ2v) is 4.96. The van der Waals surface area contributed by atoms with E-state index >= 15 is 0 Å². The summed E-state index contributed by atoms with van der Waals surface area (Å²) in [6.45, 7) is 0. The minimum absolute atomic E-state index is 0.150. The van der Waals surface area contributed by atoms with Crippen molar-refractivity contribution >= 4 is 22.8 Å². The van der Waals surface area contributed by atoms with E-state index in [1.807, 2.05) is 0 Å². The molecule has 0 spiro atoms. The highest BCUT2D eigenvalue weighted by molar-refractivity contribution is 6.33. The number of rotatable bonds is 1. The summed E-state index contributed by atoms with van der Waals surface area (Å²) in [5, 5.41) is -0.255. The van der Waals surface area contributed by atoms with E-state index in [0.717, 1.165) is 25.7 Å². The number of alkyl halides is 3. The Hall–Kier alpha value is -1.37. The molecule has 0 amide bonds. The van der Waals surface area contributed by atoms with Gasteiger partial charge in [-0.05, 0) is 12.8 Å². The van der Waals surface area contributed by atoms with Crippen LogP contribution < -0.4 is 0 Å². The van der Waals surface area contributed by atoms with E-state index in [1.54, 1.807) is 4.57 Å². The molecule has 0 unspecified atom stereocenters. The summed E-state index contributed by atoms with van der Waals surface area (Å²) in [5.41, 5.74) is 0.390. The van der Waals surface area contributed by atoms with Gasteiger partial charge >= 0.3 is 6.18 Å². The van der Waals surface area contributed by atoms with Crippen LogP contribution in [-0.2, 0) is 6.18 Å². The number of fused-ring (bicyclic) bond motifs is 1. The van der Waals surface area contributed by atoms with Gasteiger partial charge in [-0.1, -0.05) is 24.4 Å². The Morgan fingerprint density at radius 3 is 2.53 bits per heavy atom. The van der Waals surface area contributed by atoms with Crippen molar-refractivity contribution < 1.29 is 13.2 Å². The summed E-state index contributed by atoms with van der Waals surface area (Å²) >= 11 is 5.76. The lowest BCUT2D eigenvalue weighted by Gasteiger charge is -2.12. The quantitative estimate of drug-likeness (QED) is 0.754. The summed E-state index contributed by atoms with van der Waals surface area (Å²) in [4.78, 5) is 10.9. The summed E-state index contributed by atoms with van der Waals surface area (Å²) < 4.78 is 39.8. The van der Waals surface area contributed by atoms with Crippen molar-refractivity contribution in [2.45, 2.75) is 37.9 Å². The first-order valence-corrected chi connectivity index (χ1v) is 6.32. The third kappa shape index (κ3) is 2.16. The minimum atomic E-state index is -4.61. The van der Waals surface area contributed by atoms with Crippen molar-refractivity contribution in [1.82, 2.24) is 19.5 Å². The summed E-state index contributed by atoms with van der Waals surface area (Å²) in [6.07, 6.45) is 0.872. The molecule has 8 heteroatoms. The topological polar surface area (TPSA) is 43.6 Å². The van der Waals surface area contributed by atoms with E-state index < -0.39 is 12.0 Å². The molecular weight excluding hydrogens is 281 g/mol. The van der Waals surface area contributed by atoms with Crippen LogP contribution in [0.5, 0.6) is 0 Å². The number of imidazole rings is 1. The number of nitrogens with zero attached hydrogens (tertiary/aromatic N) is 4. The molecule has 3 rings (SSSR count). The zero-order chi connectivity index (χ0) is 13.6. The molecule has 1 aliphatic rings. The Bertz CT molecular complexity index is 616. The Morgan fingerprint density at radius 1 is 1.21 bits per heavy atom. The number of hydrogen-bond acceptors (Lipinski definition) is 3. The Kier molecular flexibility index (Phi) is 2.88. The maximum absolute atomic E-state index is 12.7. The first-order chi connectivity index (χ1) is 8.97. The molecule has 1 fully saturated rings. The average Bonchev–Trinajstić information content (AvgIpc) is 2.94. The van der Waals surface area contributed by atoms with Gasteiger partial charge in [0.2, 0.25) is 5.82 Å². The summed E-state index contributed by atoms with van der Waals surface area (Å²) in [5.74, 6) is -1.22. The van der Waals surface area contributed by atoms with Gasteiger partial charge in [-0.25, -0.2) is 15.0 Å². The normalized spacial score (nSPS) is 17.5. The van der Waals surface area contributed by atoms with Crippen molar-refractivity contribution in [3.63, 3.8) is 0 Å². The minimum Gasteiger partial charge on any atom is -0.312 e. The largest absolute Gasteiger partial charge is 0.451 e. The Morgan fingerprint density at radius 2 is 1.89 bits per heavy atom. The molecule has 0 bridgehead atoms. The number of halogens is 4. The average molecular weight is 291 g/mol. The Labute approximate surface area is 111 Å². The number of hydrogen-bond donors (Lipinski definition) is 0. The molecule has 2 aromatic rings. The lowest BCUT2D eigenvalue weighted by molar-refractivity contribution is -0.144. The first-order valence-electron chi connectivity index (χ1n) is 5.94. The van der Waals surface area contributed by atoms with Gasteiger partial charge in [0.25, 0.3) is 0 Å². The smallest absolute Gasteiger partial charge is 0.312 e. The lowest BCUT2D eigenvalue weighted by atomic mass is 10.2.